The number of aromatic hydroxyl groups is 2. The molecular formula is C34H24N4O10S2-2. The van der Waals surface area contributed by atoms with E-state index in [2.05, 4.69) is 20.5 Å². The highest BCUT2D eigenvalue weighted by atomic mass is 32.2. The molecule has 0 spiro atoms. The second-order valence-electron chi connectivity index (χ2n) is 10.7. The number of methoxy groups -OCH3 is 2. The number of nitrogens with zero attached hydrogens (tertiary/aromatic N) is 4. The molecule has 0 aromatic heterocycles. The van der Waals surface area contributed by atoms with Crippen LogP contribution in [0.1, 0.15) is 0 Å². The Labute approximate surface area is 285 Å². The molecule has 0 bridgehead atoms. The van der Waals surface area contributed by atoms with Gasteiger partial charge in [0.1, 0.15) is 54.5 Å². The van der Waals surface area contributed by atoms with Crippen LogP contribution in [-0.2, 0) is 20.2 Å². The minimum Gasteiger partial charge on any atom is -0.744 e. The van der Waals surface area contributed by atoms with Crippen LogP contribution in [0.4, 0.5) is 22.7 Å². The van der Waals surface area contributed by atoms with Crippen LogP contribution in [0.15, 0.2) is 127 Å². The molecule has 0 amide bonds. The van der Waals surface area contributed by atoms with Gasteiger partial charge in [-0.05, 0) is 47.5 Å². The molecule has 0 aliphatic rings. The quantitative estimate of drug-likeness (QED) is 0.110. The van der Waals surface area contributed by atoms with E-state index in [0.29, 0.717) is 11.1 Å². The van der Waals surface area contributed by atoms with Crippen molar-refractivity contribution in [3.63, 3.8) is 0 Å². The minimum atomic E-state index is -4.90. The van der Waals surface area contributed by atoms with Crippen molar-refractivity contribution >= 4 is 64.5 Å². The van der Waals surface area contributed by atoms with Crippen molar-refractivity contribution in [3.05, 3.63) is 97.1 Å². The summed E-state index contributed by atoms with van der Waals surface area (Å²) in [6.07, 6.45) is 0. The van der Waals surface area contributed by atoms with Crippen LogP contribution >= 0.6 is 0 Å². The largest absolute Gasteiger partial charge is 0.744 e. The third kappa shape index (κ3) is 6.55. The number of ether oxygens (including phenoxy) is 2. The Morgan fingerprint density at radius 1 is 0.500 bits per heavy atom. The van der Waals surface area contributed by atoms with Gasteiger partial charge < -0.3 is 28.8 Å². The lowest BCUT2D eigenvalue weighted by Gasteiger charge is -2.13. The average molecular weight is 713 g/mol. The van der Waals surface area contributed by atoms with Gasteiger partial charge in [-0.15, -0.1) is 20.5 Å². The summed E-state index contributed by atoms with van der Waals surface area (Å²) in [7, 11) is -6.99. The monoisotopic (exact) mass is 712 g/mol. The molecule has 0 radical (unpaired) electrons. The van der Waals surface area contributed by atoms with Crippen LogP contribution in [0.25, 0.3) is 32.7 Å². The lowest BCUT2D eigenvalue weighted by molar-refractivity contribution is 0.415. The Hall–Kier alpha value is -5.94. The molecule has 0 aliphatic carbocycles. The van der Waals surface area contributed by atoms with Crippen LogP contribution in [0, 0.1) is 0 Å². The van der Waals surface area contributed by atoms with Gasteiger partial charge in [0, 0.05) is 21.5 Å². The lowest BCUT2D eigenvalue weighted by Crippen LogP contribution is -1.99. The fourth-order valence-corrected chi connectivity index (χ4v) is 6.69. The van der Waals surface area contributed by atoms with Gasteiger partial charge in [0.2, 0.25) is 0 Å². The van der Waals surface area contributed by atoms with Crippen molar-refractivity contribution in [2.24, 2.45) is 20.5 Å². The lowest BCUT2D eigenvalue weighted by atomic mass is 10.0. The third-order valence-corrected chi connectivity index (χ3v) is 9.43. The number of hydrogen-bond acceptors (Lipinski definition) is 14. The number of hydrogen-bond donors (Lipinski definition) is 2. The van der Waals surface area contributed by atoms with E-state index in [9.17, 15) is 36.2 Å². The maximum atomic E-state index is 11.9. The van der Waals surface area contributed by atoms with Gasteiger partial charge in [-0.2, -0.15) is 0 Å². The Morgan fingerprint density at radius 2 is 0.840 bits per heavy atom. The molecule has 16 heteroatoms. The zero-order valence-electron chi connectivity index (χ0n) is 26.0. The van der Waals surface area contributed by atoms with Crippen LogP contribution in [0.3, 0.4) is 0 Å². The van der Waals surface area contributed by atoms with E-state index in [1.807, 2.05) is 0 Å². The Balaban J connectivity index is 1.32. The topological polar surface area (TPSA) is 223 Å². The van der Waals surface area contributed by atoms with Crippen molar-refractivity contribution in [3.8, 4) is 34.1 Å². The highest BCUT2D eigenvalue weighted by Crippen LogP contribution is 2.43. The molecule has 0 heterocycles. The first-order valence-corrected chi connectivity index (χ1v) is 17.2. The van der Waals surface area contributed by atoms with Gasteiger partial charge in [-0.25, -0.2) is 16.8 Å². The maximum Gasteiger partial charge on any atom is 0.150 e. The normalized spacial score (nSPS) is 12.3. The van der Waals surface area contributed by atoms with Gasteiger partial charge in [0.25, 0.3) is 0 Å². The van der Waals surface area contributed by atoms with Gasteiger partial charge >= 0.3 is 0 Å². The second kappa shape index (κ2) is 13.2. The summed E-state index contributed by atoms with van der Waals surface area (Å²) >= 11 is 0. The van der Waals surface area contributed by atoms with Crippen LogP contribution < -0.4 is 9.47 Å². The van der Waals surface area contributed by atoms with Gasteiger partial charge in [-0.1, -0.05) is 60.7 Å². The second-order valence-corrected chi connectivity index (χ2v) is 13.4. The van der Waals surface area contributed by atoms with Crippen molar-refractivity contribution in [1.29, 1.82) is 0 Å². The number of azo groups is 2. The number of phenolic OH excluding ortho intramolecular Hbond substituents is 2. The number of rotatable bonds is 9. The Kier molecular flexibility index (Phi) is 8.94. The summed E-state index contributed by atoms with van der Waals surface area (Å²) in [5, 5.41) is 38.2. The van der Waals surface area contributed by atoms with Crippen LogP contribution in [0.5, 0.6) is 23.0 Å². The van der Waals surface area contributed by atoms with E-state index in [-0.39, 0.29) is 67.3 Å². The molecule has 50 heavy (non-hydrogen) atoms. The standard InChI is InChI=1S/C34H26N4O10S2/c1-47-29-15-19(11-13-25(29)35-37-27-17-31(49(41,42)43)21-7-3-5-9-23(21)33(27)39)20-12-14-26(30(16-20)48-2)36-38-28-18-32(50(44,45)46)22-8-4-6-10-24(22)34(28)40/h3-18,39-40H,1-2H3,(H,41,42,43)(H,44,45,46)/p-2. The summed E-state index contributed by atoms with van der Waals surface area (Å²) < 4.78 is 82.6. The Morgan fingerprint density at radius 3 is 1.18 bits per heavy atom. The Bertz CT molecular complexity index is 2430. The molecular weight excluding hydrogens is 689 g/mol. The average Bonchev–Trinajstić information content (AvgIpc) is 3.10. The summed E-state index contributed by atoms with van der Waals surface area (Å²) in [5.41, 5.74) is 1.27. The number of benzene rings is 6. The highest BCUT2D eigenvalue weighted by Gasteiger charge is 2.17. The van der Waals surface area contributed by atoms with E-state index < -0.39 is 30.0 Å². The van der Waals surface area contributed by atoms with E-state index in [4.69, 9.17) is 9.47 Å². The summed E-state index contributed by atoms with van der Waals surface area (Å²) in [6.45, 7) is 0. The fourth-order valence-electron chi connectivity index (χ4n) is 5.29. The SMILES string of the molecule is COc1cc(-c2ccc(N=Nc3cc(S(=O)(=O)[O-])c4ccccc4c3O)c(OC)c2)ccc1N=Nc1cc(S(=O)(=O)[O-])c2ccccc2c1O. The molecule has 6 aromatic rings. The predicted molar refractivity (Wildman–Crippen MR) is 180 cm³/mol. The first-order chi connectivity index (χ1) is 23.8. The first-order valence-electron chi connectivity index (χ1n) is 14.4. The summed E-state index contributed by atoms with van der Waals surface area (Å²) in [6, 6.07) is 23.7. The van der Waals surface area contributed by atoms with Gasteiger partial charge in [0.15, 0.2) is 11.5 Å². The maximum absolute atomic E-state index is 11.9. The van der Waals surface area contributed by atoms with Crippen LogP contribution in [0.2, 0.25) is 0 Å². The molecule has 0 fully saturated rings. The fraction of sp³-hybridized carbons (Fsp3) is 0.0588. The molecule has 2 N–H and O–H groups in total. The zero-order valence-corrected chi connectivity index (χ0v) is 27.6. The molecule has 14 nitrogen and oxygen atoms in total. The first kappa shape index (κ1) is 33.9. The van der Waals surface area contributed by atoms with Gasteiger partial charge in [0.05, 0.1) is 24.0 Å². The summed E-state index contributed by atoms with van der Waals surface area (Å²) in [4.78, 5) is -1.10. The van der Waals surface area contributed by atoms with Gasteiger partial charge in [-0.3, -0.25) is 0 Å². The molecule has 0 saturated heterocycles. The molecule has 0 aliphatic heterocycles. The summed E-state index contributed by atoms with van der Waals surface area (Å²) in [5.74, 6) is -0.185. The molecule has 0 saturated carbocycles. The molecule has 0 unspecified atom stereocenters. The van der Waals surface area contributed by atoms with E-state index in [1.165, 1.54) is 50.6 Å². The number of phenols is 2. The van der Waals surface area contributed by atoms with Crippen molar-refractivity contribution in [2.75, 3.05) is 14.2 Å². The van der Waals surface area contributed by atoms with Crippen molar-refractivity contribution in [1.82, 2.24) is 0 Å². The van der Waals surface area contributed by atoms with E-state index >= 15 is 0 Å². The minimum absolute atomic E-state index is 0.0551. The van der Waals surface area contributed by atoms with Crippen molar-refractivity contribution < 1.29 is 45.6 Å². The molecule has 254 valence electrons. The molecule has 6 aromatic carbocycles. The smallest absolute Gasteiger partial charge is 0.150 e. The number of fused-ring (bicyclic) bond motifs is 2. The van der Waals surface area contributed by atoms with E-state index in [0.717, 1.165) is 12.1 Å². The zero-order chi connectivity index (χ0) is 35.8. The molecule has 0 atom stereocenters. The molecule has 6 rings (SSSR count). The van der Waals surface area contributed by atoms with E-state index in [1.54, 1.807) is 48.5 Å². The third-order valence-electron chi connectivity index (χ3n) is 7.68. The predicted octanol–water partition coefficient (Wildman–Crippen LogP) is 7.73. The highest BCUT2D eigenvalue weighted by molar-refractivity contribution is 7.86. The van der Waals surface area contributed by atoms with Crippen molar-refractivity contribution in [2.45, 2.75) is 9.79 Å². The van der Waals surface area contributed by atoms with Crippen LogP contribution in [-0.4, -0.2) is 50.4 Å².